The summed E-state index contributed by atoms with van der Waals surface area (Å²) in [6, 6.07) is 5.58. The third kappa shape index (κ3) is 4.52. The summed E-state index contributed by atoms with van der Waals surface area (Å²) in [6.45, 7) is -1.04. The topological polar surface area (TPSA) is 82.4 Å². The zero-order chi connectivity index (χ0) is 20.6. The Kier molecular flexibility index (Phi) is 4.93. The predicted molar refractivity (Wildman–Crippen MR) is 96.6 cm³/mol. The summed E-state index contributed by atoms with van der Waals surface area (Å²) in [7, 11) is 0. The lowest BCUT2D eigenvalue weighted by Crippen LogP contribution is -2.25. The molecule has 29 heavy (non-hydrogen) atoms. The number of nitrogens with zero attached hydrogens (tertiary/aromatic N) is 2. The number of nitrogens with one attached hydrogen (secondary N) is 1. The highest BCUT2D eigenvalue weighted by molar-refractivity contribution is 5.97. The summed E-state index contributed by atoms with van der Waals surface area (Å²) in [5.74, 6) is 0.487. The van der Waals surface area contributed by atoms with Crippen molar-refractivity contribution in [1.82, 2.24) is 9.55 Å². The van der Waals surface area contributed by atoms with Crippen LogP contribution < -0.4 is 20.3 Å². The second kappa shape index (κ2) is 7.41. The molecule has 1 amide bonds. The van der Waals surface area contributed by atoms with Crippen molar-refractivity contribution < 1.29 is 27.4 Å². The Morgan fingerprint density at radius 3 is 2.52 bits per heavy atom. The lowest BCUT2D eigenvalue weighted by atomic mass is 10.2. The van der Waals surface area contributed by atoms with Crippen LogP contribution in [0.1, 0.15) is 24.8 Å². The molecule has 0 saturated heterocycles. The fraction of sp³-hybridized carbons (Fsp3) is 0.421. The van der Waals surface area contributed by atoms with Crippen LogP contribution >= 0.6 is 0 Å². The molecule has 2 aromatic rings. The van der Waals surface area contributed by atoms with E-state index >= 15 is 0 Å². The minimum absolute atomic E-state index is 0.0151. The van der Waals surface area contributed by atoms with Crippen LogP contribution in [0.2, 0.25) is 0 Å². The van der Waals surface area contributed by atoms with Gasteiger partial charge in [-0.25, -0.2) is 4.57 Å². The van der Waals surface area contributed by atoms with E-state index in [0.29, 0.717) is 18.2 Å². The molecule has 0 spiro atoms. The van der Waals surface area contributed by atoms with Gasteiger partial charge in [-0.15, -0.1) is 0 Å². The van der Waals surface area contributed by atoms with Crippen molar-refractivity contribution >= 4 is 11.7 Å². The Morgan fingerprint density at radius 2 is 1.86 bits per heavy atom. The van der Waals surface area contributed by atoms with Crippen molar-refractivity contribution in [2.75, 3.05) is 18.5 Å². The highest BCUT2D eigenvalue weighted by atomic mass is 19.4. The first kappa shape index (κ1) is 19.3. The van der Waals surface area contributed by atoms with Gasteiger partial charge < -0.3 is 14.8 Å². The molecular formula is C19H18F3N3O4. The van der Waals surface area contributed by atoms with Gasteiger partial charge >= 0.3 is 12.2 Å². The quantitative estimate of drug-likeness (QED) is 0.761. The third-order valence-electron chi connectivity index (χ3n) is 4.69. The summed E-state index contributed by atoms with van der Waals surface area (Å²) in [5.41, 5.74) is 0.117. The summed E-state index contributed by atoms with van der Waals surface area (Å²) in [5, 5.41) is 2.54. The summed E-state index contributed by atoms with van der Waals surface area (Å²) < 4.78 is 48.5. The number of amides is 1. The van der Waals surface area contributed by atoms with E-state index in [0.717, 1.165) is 19.3 Å². The van der Waals surface area contributed by atoms with Gasteiger partial charge in [-0.3, -0.25) is 9.59 Å². The highest BCUT2D eigenvalue weighted by Gasteiger charge is 2.29. The maximum Gasteiger partial charge on any atom is 0.422 e. The van der Waals surface area contributed by atoms with Crippen molar-refractivity contribution in [2.45, 2.75) is 31.9 Å². The summed E-state index contributed by atoms with van der Waals surface area (Å²) >= 11 is 0. The molecule has 7 nitrogen and oxygen atoms in total. The van der Waals surface area contributed by atoms with E-state index < -0.39 is 18.3 Å². The fourth-order valence-corrected chi connectivity index (χ4v) is 3.04. The number of fused-ring (bicyclic) bond motifs is 1. The van der Waals surface area contributed by atoms with E-state index in [9.17, 15) is 22.8 Å². The summed E-state index contributed by atoms with van der Waals surface area (Å²) in [4.78, 5) is 28.9. The number of carbonyl (C=O) groups excluding carboxylic acids is 1. The molecular weight excluding hydrogens is 391 g/mol. The Labute approximate surface area is 163 Å². The van der Waals surface area contributed by atoms with Crippen molar-refractivity contribution in [3.05, 3.63) is 40.2 Å². The number of benzene rings is 1. The van der Waals surface area contributed by atoms with Crippen LogP contribution in [0, 0.1) is 5.92 Å². The molecule has 1 aliphatic heterocycles. The average Bonchev–Trinajstić information content (AvgIpc) is 3.40. The van der Waals surface area contributed by atoms with Crippen molar-refractivity contribution in [2.24, 2.45) is 5.92 Å². The molecule has 1 aromatic carbocycles. The van der Waals surface area contributed by atoms with Gasteiger partial charge in [0.1, 0.15) is 11.6 Å². The number of halogens is 3. The molecule has 4 rings (SSSR count). The summed E-state index contributed by atoms with van der Waals surface area (Å²) in [6.07, 6.45) is -1.38. The Hall–Kier alpha value is -3.04. The van der Waals surface area contributed by atoms with Crippen molar-refractivity contribution in [3.8, 4) is 17.4 Å². The molecule has 1 aliphatic carbocycles. The third-order valence-corrected chi connectivity index (χ3v) is 4.69. The molecule has 1 fully saturated rings. The van der Waals surface area contributed by atoms with Crippen molar-refractivity contribution in [1.29, 1.82) is 0 Å². The molecule has 2 heterocycles. The van der Waals surface area contributed by atoms with Crippen LogP contribution in [0.25, 0.3) is 5.69 Å². The molecule has 154 valence electrons. The zero-order valence-electron chi connectivity index (χ0n) is 15.3. The molecule has 0 bridgehead atoms. The van der Waals surface area contributed by atoms with E-state index in [-0.39, 0.29) is 35.5 Å². The van der Waals surface area contributed by atoms with E-state index in [4.69, 9.17) is 9.47 Å². The van der Waals surface area contributed by atoms with Gasteiger partial charge in [0.2, 0.25) is 5.91 Å². The molecule has 0 atom stereocenters. The largest absolute Gasteiger partial charge is 0.484 e. The monoisotopic (exact) mass is 409 g/mol. The second-order valence-electron chi connectivity index (χ2n) is 7.07. The van der Waals surface area contributed by atoms with Gasteiger partial charge in [0.15, 0.2) is 6.61 Å². The SMILES string of the molecule is O=C1Cc2c(nc(OCCC3CC3)n(-c3ccc(OCC(F)(F)F)cc3)c2=O)N1. The molecule has 10 heteroatoms. The Morgan fingerprint density at radius 1 is 1.14 bits per heavy atom. The van der Waals surface area contributed by atoms with Crippen molar-refractivity contribution in [3.63, 3.8) is 0 Å². The lowest BCUT2D eigenvalue weighted by molar-refractivity contribution is -0.153. The first-order chi connectivity index (χ1) is 13.8. The maximum atomic E-state index is 12.9. The van der Waals surface area contributed by atoms with Gasteiger partial charge in [-0.05, 0) is 36.6 Å². The van der Waals surface area contributed by atoms with Crippen LogP contribution in [0.5, 0.6) is 11.8 Å². The molecule has 1 aromatic heterocycles. The number of hydrogen-bond acceptors (Lipinski definition) is 5. The number of anilines is 1. The maximum absolute atomic E-state index is 12.9. The smallest absolute Gasteiger partial charge is 0.422 e. The van der Waals surface area contributed by atoms with E-state index in [1.165, 1.54) is 28.8 Å². The number of hydrogen-bond donors (Lipinski definition) is 1. The number of rotatable bonds is 7. The lowest BCUT2D eigenvalue weighted by Gasteiger charge is -2.15. The van der Waals surface area contributed by atoms with Gasteiger partial charge in [0, 0.05) is 0 Å². The average molecular weight is 409 g/mol. The molecule has 1 N–H and O–H groups in total. The van der Waals surface area contributed by atoms with Gasteiger partial charge in [0.05, 0.1) is 24.3 Å². The van der Waals surface area contributed by atoms with Gasteiger partial charge in [-0.1, -0.05) is 12.8 Å². The van der Waals surface area contributed by atoms with Crippen LogP contribution in [-0.4, -0.2) is 34.8 Å². The minimum Gasteiger partial charge on any atom is -0.484 e. The fourth-order valence-electron chi connectivity index (χ4n) is 3.04. The Bertz CT molecular complexity index is 982. The number of aromatic nitrogens is 2. The van der Waals surface area contributed by atoms with Crippen LogP contribution in [-0.2, 0) is 11.2 Å². The van der Waals surface area contributed by atoms with E-state index in [1.54, 1.807) is 0 Å². The molecule has 0 unspecified atom stereocenters. The number of ether oxygens (including phenoxy) is 2. The highest BCUT2D eigenvalue weighted by Crippen LogP contribution is 2.32. The van der Waals surface area contributed by atoms with E-state index in [1.807, 2.05) is 0 Å². The first-order valence-electron chi connectivity index (χ1n) is 9.19. The first-order valence-corrected chi connectivity index (χ1v) is 9.19. The number of alkyl halides is 3. The Balaban J connectivity index is 1.63. The predicted octanol–water partition coefficient (Wildman–Crippen LogP) is 2.85. The van der Waals surface area contributed by atoms with Gasteiger partial charge in [0.25, 0.3) is 5.56 Å². The van der Waals surface area contributed by atoms with Gasteiger partial charge in [-0.2, -0.15) is 18.2 Å². The van der Waals surface area contributed by atoms with Crippen LogP contribution in [0.15, 0.2) is 29.1 Å². The zero-order valence-corrected chi connectivity index (χ0v) is 15.3. The van der Waals surface area contributed by atoms with Crippen LogP contribution in [0.4, 0.5) is 19.0 Å². The van der Waals surface area contributed by atoms with Crippen LogP contribution in [0.3, 0.4) is 0 Å². The standard InChI is InChI=1S/C19H18F3N3O4/c20-19(21,22)10-29-13-5-3-12(4-6-13)25-17(27)14-9-15(26)23-16(14)24-18(25)28-8-7-11-1-2-11/h3-6,11H,1-2,7-10H2,(H,23,26). The van der Waals surface area contributed by atoms with E-state index in [2.05, 4.69) is 10.3 Å². The molecule has 2 aliphatic rings. The normalized spacial score (nSPS) is 15.8. The minimum atomic E-state index is -4.44. The molecule has 1 saturated carbocycles. The second-order valence-corrected chi connectivity index (χ2v) is 7.07. The number of carbonyl (C=O) groups is 1. The molecule has 0 radical (unpaired) electrons.